The molecule has 4 heteroatoms. The van der Waals surface area contributed by atoms with Gasteiger partial charge < -0.3 is 5.11 Å². The van der Waals surface area contributed by atoms with Gasteiger partial charge in [-0.1, -0.05) is 13.8 Å². The second kappa shape index (κ2) is 6.67. The van der Waals surface area contributed by atoms with Gasteiger partial charge in [0.15, 0.2) is 5.78 Å². The Kier molecular flexibility index (Phi) is 4.34. The minimum Gasteiger partial charge on any atom is -0.390 e. The number of aromatic nitrogens is 2. The Morgan fingerprint density at radius 2 is 1.80 bits per heavy atom. The summed E-state index contributed by atoms with van der Waals surface area (Å²) < 4.78 is 1.87. The van der Waals surface area contributed by atoms with Crippen LogP contribution in [0.3, 0.4) is 0 Å². The largest absolute Gasteiger partial charge is 0.390 e. The molecule has 0 saturated heterocycles. The lowest BCUT2D eigenvalue weighted by Crippen LogP contribution is -2.50. The summed E-state index contributed by atoms with van der Waals surface area (Å²) in [5.74, 6) is 5.31. The minimum atomic E-state index is -0.272. The van der Waals surface area contributed by atoms with E-state index in [1.165, 1.54) is 44.1 Å². The number of hydrogen-bond donors (Lipinski definition) is 1. The monoisotopic (exact) mass is 410 g/mol. The molecule has 9 atom stereocenters. The lowest BCUT2D eigenvalue weighted by Gasteiger charge is -2.56. The quantitative estimate of drug-likeness (QED) is 0.786. The van der Waals surface area contributed by atoms with Crippen molar-refractivity contribution in [1.82, 2.24) is 9.78 Å². The number of fused-ring (bicyclic) bond motifs is 7. The van der Waals surface area contributed by atoms with E-state index in [1.54, 1.807) is 0 Å². The first-order valence-electron chi connectivity index (χ1n) is 12.7. The van der Waals surface area contributed by atoms with E-state index in [0.717, 1.165) is 55.3 Å². The van der Waals surface area contributed by atoms with Crippen LogP contribution in [-0.4, -0.2) is 26.3 Å². The summed E-state index contributed by atoms with van der Waals surface area (Å²) >= 11 is 0. The third-order valence-electron chi connectivity index (χ3n) is 10.8. The van der Waals surface area contributed by atoms with Crippen molar-refractivity contribution in [1.29, 1.82) is 0 Å². The maximum absolute atomic E-state index is 13.4. The maximum Gasteiger partial charge on any atom is 0.157 e. The highest BCUT2D eigenvalue weighted by molar-refractivity contribution is 5.82. The molecule has 1 aromatic heterocycles. The Bertz CT molecular complexity index is 848. The van der Waals surface area contributed by atoms with Gasteiger partial charge in [0.1, 0.15) is 0 Å². The highest BCUT2D eigenvalue weighted by Gasteiger charge is 2.65. The molecule has 5 aliphatic rings. The fourth-order valence-electron chi connectivity index (χ4n) is 9.16. The summed E-state index contributed by atoms with van der Waals surface area (Å²) in [5.41, 5.74) is 1.14. The normalized spacial score (nSPS) is 49.0. The minimum absolute atomic E-state index is 0.195. The molecule has 0 amide bonds. The van der Waals surface area contributed by atoms with Gasteiger partial charge >= 0.3 is 0 Å². The molecule has 5 fully saturated rings. The number of rotatable bonds is 4. The fourth-order valence-corrected chi connectivity index (χ4v) is 9.16. The number of carbonyl (C=O) groups excluding carboxylic acids is 1. The molecular formula is C26H38N2O2. The molecule has 1 aromatic rings. The van der Waals surface area contributed by atoms with Gasteiger partial charge in [0.2, 0.25) is 0 Å². The van der Waals surface area contributed by atoms with Crippen LogP contribution < -0.4 is 0 Å². The number of Topliss-reactive ketones (excluding diaryl/α,β-unsaturated/α-hetero) is 1. The molecule has 6 rings (SSSR count). The standard InChI is InChI=1S/C26H38N2O2/c1-3-16-13-27-28(14-16)15-24(29)22-7-6-21-19-4-5-20-18(9-11-26(30)12-23(20)26)17(19)8-10-25(21,22)2/h13-14,17-23,30H,3-12,15H2,1-2H3/t17-,18?,19-,20+,21+,22-,23?,25+,26+/m1/s1. The van der Waals surface area contributed by atoms with E-state index in [2.05, 4.69) is 18.9 Å². The average molecular weight is 411 g/mol. The van der Waals surface area contributed by atoms with Crippen molar-refractivity contribution in [3.63, 3.8) is 0 Å². The molecule has 5 saturated carbocycles. The first kappa shape index (κ1) is 19.5. The van der Waals surface area contributed by atoms with Crippen molar-refractivity contribution in [2.45, 2.75) is 90.2 Å². The summed E-state index contributed by atoms with van der Waals surface area (Å²) in [7, 11) is 0. The predicted molar refractivity (Wildman–Crippen MR) is 116 cm³/mol. The summed E-state index contributed by atoms with van der Waals surface area (Å²) in [4.78, 5) is 13.4. The Balaban J connectivity index is 1.18. The van der Waals surface area contributed by atoms with Crippen molar-refractivity contribution >= 4 is 5.78 Å². The summed E-state index contributed by atoms with van der Waals surface area (Å²) in [6, 6.07) is 0. The van der Waals surface area contributed by atoms with E-state index in [1.807, 2.05) is 17.1 Å². The van der Waals surface area contributed by atoms with Crippen molar-refractivity contribution < 1.29 is 9.90 Å². The van der Waals surface area contributed by atoms with Gasteiger partial charge in [0.05, 0.1) is 18.3 Å². The Labute approximate surface area is 180 Å². The van der Waals surface area contributed by atoms with E-state index in [4.69, 9.17) is 0 Å². The van der Waals surface area contributed by atoms with Gasteiger partial charge in [-0.05, 0) is 111 Å². The molecule has 1 heterocycles. The van der Waals surface area contributed by atoms with Crippen LogP contribution in [0.2, 0.25) is 0 Å². The number of aliphatic hydroxyl groups is 1. The highest BCUT2D eigenvalue weighted by atomic mass is 16.3. The molecule has 0 aromatic carbocycles. The van der Waals surface area contributed by atoms with Crippen LogP contribution >= 0.6 is 0 Å². The summed E-state index contributed by atoms with van der Waals surface area (Å²) in [6.45, 7) is 5.04. The van der Waals surface area contributed by atoms with Gasteiger partial charge in [0.25, 0.3) is 0 Å². The number of hydrogen-bond acceptors (Lipinski definition) is 3. The Morgan fingerprint density at radius 3 is 2.53 bits per heavy atom. The van der Waals surface area contributed by atoms with E-state index in [0.29, 0.717) is 18.2 Å². The van der Waals surface area contributed by atoms with Crippen molar-refractivity contribution in [3.8, 4) is 0 Å². The highest BCUT2D eigenvalue weighted by Crippen LogP contribution is 2.68. The van der Waals surface area contributed by atoms with E-state index >= 15 is 0 Å². The zero-order chi connectivity index (χ0) is 20.7. The molecule has 0 bridgehead atoms. The van der Waals surface area contributed by atoms with Crippen molar-refractivity contribution in [2.75, 3.05) is 0 Å². The van der Waals surface area contributed by atoms with E-state index < -0.39 is 0 Å². The second-order valence-electron chi connectivity index (χ2n) is 11.8. The van der Waals surface area contributed by atoms with Gasteiger partial charge in [-0.2, -0.15) is 5.10 Å². The Hall–Kier alpha value is -1.16. The zero-order valence-electron chi connectivity index (χ0n) is 18.7. The topological polar surface area (TPSA) is 55.1 Å². The van der Waals surface area contributed by atoms with Gasteiger partial charge in [0, 0.05) is 12.1 Å². The predicted octanol–water partition coefficient (Wildman–Crippen LogP) is 4.64. The van der Waals surface area contributed by atoms with Crippen LogP contribution in [0, 0.1) is 46.8 Å². The second-order valence-corrected chi connectivity index (χ2v) is 11.8. The SMILES string of the molecule is CCc1cnn(CC(=O)[C@H]2CC[C@H]3[C@@H]4CC[C@H]5C(CC[C@]6(O)CC56)[C@H]4CC[C@]23C)c1. The zero-order valence-corrected chi connectivity index (χ0v) is 18.7. The maximum atomic E-state index is 13.4. The molecule has 2 unspecified atom stereocenters. The van der Waals surface area contributed by atoms with Crippen LogP contribution in [0.4, 0.5) is 0 Å². The van der Waals surface area contributed by atoms with Crippen LogP contribution in [0.25, 0.3) is 0 Å². The average Bonchev–Trinajstić information content (AvgIpc) is 3.06. The lowest BCUT2D eigenvalue weighted by molar-refractivity contribution is -0.131. The molecule has 164 valence electrons. The molecule has 0 radical (unpaired) electrons. The van der Waals surface area contributed by atoms with Crippen LogP contribution in [-0.2, 0) is 17.8 Å². The van der Waals surface area contributed by atoms with Crippen molar-refractivity contribution in [2.24, 2.45) is 46.8 Å². The first-order chi connectivity index (χ1) is 14.4. The number of aryl methyl sites for hydroxylation is 1. The van der Waals surface area contributed by atoms with Crippen LogP contribution in [0.5, 0.6) is 0 Å². The first-order valence-corrected chi connectivity index (χ1v) is 12.7. The molecule has 0 spiro atoms. The van der Waals surface area contributed by atoms with E-state index in [9.17, 15) is 9.90 Å². The summed E-state index contributed by atoms with van der Waals surface area (Å²) in [5, 5.41) is 15.1. The van der Waals surface area contributed by atoms with Gasteiger partial charge in [-0.3, -0.25) is 9.48 Å². The molecular weight excluding hydrogens is 372 g/mol. The molecule has 4 nitrogen and oxygen atoms in total. The van der Waals surface area contributed by atoms with Crippen molar-refractivity contribution in [3.05, 3.63) is 18.0 Å². The lowest BCUT2D eigenvalue weighted by atomic mass is 9.49. The van der Waals surface area contributed by atoms with Gasteiger partial charge in [-0.15, -0.1) is 0 Å². The number of carbonyl (C=O) groups is 1. The summed E-state index contributed by atoms with van der Waals surface area (Å²) in [6.07, 6.45) is 15.9. The molecule has 1 N–H and O–H groups in total. The Morgan fingerprint density at radius 1 is 1.07 bits per heavy atom. The fraction of sp³-hybridized carbons (Fsp3) is 0.846. The molecule has 30 heavy (non-hydrogen) atoms. The van der Waals surface area contributed by atoms with Crippen LogP contribution in [0.1, 0.15) is 77.2 Å². The van der Waals surface area contributed by atoms with E-state index in [-0.39, 0.29) is 16.9 Å². The third-order valence-corrected chi connectivity index (χ3v) is 10.8. The third kappa shape index (κ3) is 2.74. The number of ketones is 1. The van der Waals surface area contributed by atoms with Gasteiger partial charge in [-0.25, -0.2) is 0 Å². The molecule has 5 aliphatic carbocycles. The smallest absolute Gasteiger partial charge is 0.157 e. The number of nitrogens with zero attached hydrogens (tertiary/aromatic N) is 2. The van der Waals surface area contributed by atoms with Crippen LogP contribution in [0.15, 0.2) is 12.4 Å². The molecule has 0 aliphatic heterocycles.